The van der Waals surface area contributed by atoms with Gasteiger partial charge in [0, 0.05) is 24.2 Å². The maximum atomic E-state index is 12.3. The summed E-state index contributed by atoms with van der Waals surface area (Å²) in [5.41, 5.74) is 2.80. The van der Waals surface area contributed by atoms with Crippen LogP contribution in [-0.2, 0) is 11.2 Å². The van der Waals surface area contributed by atoms with Gasteiger partial charge in [-0.2, -0.15) is 0 Å². The summed E-state index contributed by atoms with van der Waals surface area (Å²) in [6, 6.07) is 5.71. The van der Waals surface area contributed by atoms with Crippen LogP contribution in [0.15, 0.2) is 18.2 Å². The molecule has 1 aliphatic heterocycles. The Morgan fingerprint density at radius 2 is 2.00 bits per heavy atom. The number of hydrogen-bond donors (Lipinski definition) is 0. The number of aryl methyl sites for hydroxylation is 1. The van der Waals surface area contributed by atoms with E-state index in [2.05, 4.69) is 29.8 Å². The number of ketones is 1. The standard InChI is InChI=1S/C17H22BrNO2/c1-11(2)9-16(20)19-8-4-5-13-10-14(6-7-15(13)19)17(21)12(3)18/h6-7,10-12H,4-5,8-9H2,1-3H3. The number of rotatable bonds is 4. The smallest absolute Gasteiger partial charge is 0.227 e. The van der Waals surface area contributed by atoms with Crippen LogP contribution in [0, 0.1) is 5.92 Å². The van der Waals surface area contributed by atoms with Crippen molar-refractivity contribution in [2.75, 3.05) is 11.4 Å². The molecule has 0 bridgehead atoms. The minimum atomic E-state index is -0.183. The van der Waals surface area contributed by atoms with E-state index in [0.29, 0.717) is 12.3 Å². The van der Waals surface area contributed by atoms with Crippen LogP contribution < -0.4 is 4.90 Å². The van der Waals surface area contributed by atoms with E-state index in [-0.39, 0.29) is 16.5 Å². The quantitative estimate of drug-likeness (QED) is 0.607. The Bertz CT molecular complexity index is 552. The first-order chi connectivity index (χ1) is 9.90. The highest BCUT2D eigenvalue weighted by Gasteiger charge is 2.24. The summed E-state index contributed by atoms with van der Waals surface area (Å²) in [4.78, 5) is 26.1. The lowest BCUT2D eigenvalue weighted by Crippen LogP contribution is -2.36. The number of Topliss-reactive ketones (excluding diaryl/α,β-unsaturated/α-hetero) is 1. The summed E-state index contributed by atoms with van der Waals surface area (Å²) in [5.74, 6) is 0.625. The Morgan fingerprint density at radius 3 is 2.62 bits per heavy atom. The van der Waals surface area contributed by atoms with Crippen LogP contribution in [0.4, 0.5) is 5.69 Å². The maximum Gasteiger partial charge on any atom is 0.227 e. The summed E-state index contributed by atoms with van der Waals surface area (Å²) in [7, 11) is 0. The number of carbonyl (C=O) groups excluding carboxylic acids is 2. The molecule has 0 saturated heterocycles. The molecule has 114 valence electrons. The minimum absolute atomic E-state index is 0.0865. The van der Waals surface area contributed by atoms with Crippen molar-refractivity contribution in [3.8, 4) is 0 Å². The molecule has 0 saturated carbocycles. The lowest BCUT2D eigenvalue weighted by atomic mass is 9.96. The normalized spacial score (nSPS) is 15.8. The zero-order chi connectivity index (χ0) is 15.6. The predicted molar refractivity (Wildman–Crippen MR) is 89.3 cm³/mol. The first kappa shape index (κ1) is 16.2. The number of benzene rings is 1. The number of halogens is 1. The summed E-state index contributed by atoms with van der Waals surface area (Å²) in [5, 5.41) is 0. The SMILES string of the molecule is CC(C)CC(=O)N1CCCc2cc(C(=O)C(C)Br)ccc21. The van der Waals surface area contributed by atoms with Gasteiger partial charge in [0.15, 0.2) is 5.78 Å². The largest absolute Gasteiger partial charge is 0.312 e. The second-order valence-corrected chi connectivity index (χ2v) is 7.44. The van der Waals surface area contributed by atoms with Crippen LogP contribution in [0.3, 0.4) is 0 Å². The van der Waals surface area contributed by atoms with Crippen LogP contribution in [0.5, 0.6) is 0 Å². The van der Waals surface area contributed by atoms with E-state index in [1.807, 2.05) is 30.0 Å². The van der Waals surface area contributed by atoms with Crippen LogP contribution >= 0.6 is 15.9 Å². The minimum Gasteiger partial charge on any atom is -0.312 e. The number of fused-ring (bicyclic) bond motifs is 1. The van der Waals surface area contributed by atoms with Gasteiger partial charge in [0.2, 0.25) is 5.91 Å². The van der Waals surface area contributed by atoms with E-state index in [0.717, 1.165) is 36.2 Å². The molecule has 0 fully saturated rings. The van der Waals surface area contributed by atoms with Gasteiger partial charge in [0.25, 0.3) is 0 Å². The molecule has 1 atom stereocenters. The van der Waals surface area contributed by atoms with Crippen molar-refractivity contribution in [2.24, 2.45) is 5.92 Å². The molecule has 0 N–H and O–H groups in total. The molecular formula is C17H22BrNO2. The molecule has 1 aliphatic rings. The molecule has 1 aromatic rings. The van der Waals surface area contributed by atoms with Crippen LogP contribution in [-0.4, -0.2) is 23.1 Å². The van der Waals surface area contributed by atoms with Gasteiger partial charge in [-0.25, -0.2) is 0 Å². The monoisotopic (exact) mass is 351 g/mol. The lowest BCUT2D eigenvalue weighted by Gasteiger charge is -2.30. The van der Waals surface area contributed by atoms with E-state index in [1.165, 1.54) is 0 Å². The zero-order valence-electron chi connectivity index (χ0n) is 12.9. The van der Waals surface area contributed by atoms with Crippen molar-refractivity contribution < 1.29 is 9.59 Å². The van der Waals surface area contributed by atoms with Gasteiger partial charge >= 0.3 is 0 Å². The van der Waals surface area contributed by atoms with E-state index < -0.39 is 0 Å². The molecule has 21 heavy (non-hydrogen) atoms. The molecule has 4 heteroatoms. The third-order valence-electron chi connectivity index (χ3n) is 3.73. The predicted octanol–water partition coefficient (Wildman–Crippen LogP) is 3.98. The second kappa shape index (κ2) is 6.73. The molecule has 0 spiro atoms. The van der Waals surface area contributed by atoms with Crippen molar-refractivity contribution >= 4 is 33.3 Å². The fourth-order valence-corrected chi connectivity index (χ4v) is 2.96. The van der Waals surface area contributed by atoms with Gasteiger partial charge in [0.1, 0.15) is 0 Å². The maximum absolute atomic E-state index is 12.3. The summed E-state index contributed by atoms with van der Waals surface area (Å²) in [6.07, 6.45) is 2.45. The average Bonchev–Trinajstić information content (AvgIpc) is 2.44. The summed E-state index contributed by atoms with van der Waals surface area (Å²) in [6.45, 7) is 6.73. The van der Waals surface area contributed by atoms with E-state index in [4.69, 9.17) is 0 Å². The summed E-state index contributed by atoms with van der Waals surface area (Å²) >= 11 is 3.32. The third-order valence-corrected chi connectivity index (χ3v) is 4.14. The summed E-state index contributed by atoms with van der Waals surface area (Å²) < 4.78 is 0. The number of nitrogens with zero attached hydrogens (tertiary/aromatic N) is 1. The molecule has 1 heterocycles. The van der Waals surface area contributed by atoms with Gasteiger partial charge in [0.05, 0.1) is 4.83 Å². The van der Waals surface area contributed by atoms with E-state index in [1.54, 1.807) is 0 Å². The van der Waals surface area contributed by atoms with Gasteiger partial charge in [-0.05, 0) is 49.4 Å². The van der Waals surface area contributed by atoms with Crippen molar-refractivity contribution in [3.05, 3.63) is 29.3 Å². The fraction of sp³-hybridized carbons (Fsp3) is 0.529. The Balaban J connectivity index is 2.28. The highest BCUT2D eigenvalue weighted by Crippen LogP contribution is 2.29. The molecule has 2 rings (SSSR count). The number of amides is 1. The lowest BCUT2D eigenvalue weighted by molar-refractivity contribution is -0.119. The molecule has 0 aromatic heterocycles. The average molecular weight is 352 g/mol. The number of hydrogen-bond acceptors (Lipinski definition) is 2. The Kier molecular flexibility index (Phi) is 5.20. The van der Waals surface area contributed by atoms with Gasteiger partial charge in [-0.1, -0.05) is 29.8 Å². The highest BCUT2D eigenvalue weighted by molar-refractivity contribution is 9.10. The Labute approximate surface area is 134 Å². The first-order valence-electron chi connectivity index (χ1n) is 7.51. The number of carbonyl (C=O) groups is 2. The Hall–Kier alpha value is -1.16. The van der Waals surface area contributed by atoms with Crippen LogP contribution in [0.2, 0.25) is 0 Å². The first-order valence-corrected chi connectivity index (χ1v) is 8.43. The van der Waals surface area contributed by atoms with E-state index in [9.17, 15) is 9.59 Å². The molecule has 3 nitrogen and oxygen atoms in total. The Morgan fingerprint density at radius 1 is 1.29 bits per heavy atom. The molecule has 1 aromatic carbocycles. The van der Waals surface area contributed by atoms with Gasteiger partial charge in [-0.3, -0.25) is 9.59 Å². The van der Waals surface area contributed by atoms with Crippen LogP contribution in [0.1, 0.15) is 49.5 Å². The van der Waals surface area contributed by atoms with Crippen molar-refractivity contribution in [1.29, 1.82) is 0 Å². The topological polar surface area (TPSA) is 37.4 Å². The molecule has 1 amide bonds. The van der Waals surface area contributed by atoms with Crippen molar-refractivity contribution in [2.45, 2.75) is 44.9 Å². The molecular weight excluding hydrogens is 330 g/mol. The fourth-order valence-electron chi connectivity index (χ4n) is 2.70. The molecule has 0 radical (unpaired) electrons. The van der Waals surface area contributed by atoms with Crippen LogP contribution in [0.25, 0.3) is 0 Å². The number of anilines is 1. The zero-order valence-corrected chi connectivity index (χ0v) is 14.4. The second-order valence-electron chi connectivity index (χ2n) is 6.07. The third kappa shape index (κ3) is 3.73. The van der Waals surface area contributed by atoms with Gasteiger partial charge in [-0.15, -0.1) is 0 Å². The van der Waals surface area contributed by atoms with Gasteiger partial charge < -0.3 is 4.90 Å². The van der Waals surface area contributed by atoms with Crippen molar-refractivity contribution in [1.82, 2.24) is 0 Å². The van der Waals surface area contributed by atoms with E-state index >= 15 is 0 Å². The van der Waals surface area contributed by atoms with Crippen molar-refractivity contribution in [3.63, 3.8) is 0 Å². The molecule has 1 unspecified atom stereocenters. The molecule has 0 aliphatic carbocycles. The number of alkyl halides is 1. The highest BCUT2D eigenvalue weighted by atomic mass is 79.9.